The predicted molar refractivity (Wildman–Crippen MR) is 125 cm³/mol. The van der Waals surface area contributed by atoms with Gasteiger partial charge in [-0.15, -0.1) is 0 Å². The lowest BCUT2D eigenvalue weighted by atomic mass is 9.95. The first-order valence-corrected chi connectivity index (χ1v) is 11.5. The van der Waals surface area contributed by atoms with Crippen LogP contribution < -0.4 is 14.8 Å². The van der Waals surface area contributed by atoms with E-state index in [1.807, 2.05) is 61.5 Å². The van der Waals surface area contributed by atoms with Gasteiger partial charge in [-0.3, -0.25) is 9.59 Å². The van der Waals surface area contributed by atoms with Gasteiger partial charge < -0.3 is 19.7 Å². The van der Waals surface area contributed by atoms with Gasteiger partial charge in [-0.1, -0.05) is 56.5 Å². The van der Waals surface area contributed by atoms with Crippen molar-refractivity contribution in [3.8, 4) is 11.5 Å². The molecule has 0 saturated heterocycles. The second kappa shape index (κ2) is 12.1. The van der Waals surface area contributed by atoms with Crippen molar-refractivity contribution in [2.75, 3.05) is 13.7 Å². The molecule has 1 N–H and O–H groups in total. The van der Waals surface area contributed by atoms with Crippen LogP contribution in [0, 0.1) is 0 Å². The molecule has 2 aromatic rings. The van der Waals surface area contributed by atoms with Gasteiger partial charge in [-0.2, -0.15) is 0 Å². The zero-order valence-electron chi connectivity index (χ0n) is 19.1. The Kier molecular flexibility index (Phi) is 8.96. The van der Waals surface area contributed by atoms with Crippen LogP contribution in [0.5, 0.6) is 11.5 Å². The third kappa shape index (κ3) is 6.74. The molecule has 0 unspecified atom stereocenters. The largest absolute Gasteiger partial charge is 0.497 e. The van der Waals surface area contributed by atoms with Gasteiger partial charge in [0.15, 0.2) is 6.61 Å². The molecule has 32 heavy (non-hydrogen) atoms. The highest BCUT2D eigenvalue weighted by atomic mass is 16.5. The minimum absolute atomic E-state index is 0.0876. The predicted octanol–water partition coefficient (Wildman–Crippen LogP) is 4.33. The molecule has 1 saturated carbocycles. The van der Waals surface area contributed by atoms with Crippen LogP contribution in [0.2, 0.25) is 0 Å². The first kappa shape index (κ1) is 23.6. The van der Waals surface area contributed by atoms with Gasteiger partial charge in [-0.05, 0) is 49.1 Å². The molecule has 2 aromatic carbocycles. The second-order valence-electron chi connectivity index (χ2n) is 8.24. The van der Waals surface area contributed by atoms with E-state index in [2.05, 4.69) is 5.32 Å². The van der Waals surface area contributed by atoms with E-state index in [0.717, 1.165) is 37.0 Å². The molecule has 1 aliphatic rings. The first-order valence-electron chi connectivity index (χ1n) is 11.5. The highest BCUT2D eigenvalue weighted by Gasteiger charge is 2.30. The Hall–Kier alpha value is -3.02. The minimum Gasteiger partial charge on any atom is -0.497 e. The van der Waals surface area contributed by atoms with E-state index < -0.39 is 6.04 Å². The van der Waals surface area contributed by atoms with E-state index in [4.69, 9.17) is 9.47 Å². The van der Waals surface area contributed by atoms with Crippen LogP contribution in [-0.4, -0.2) is 42.5 Å². The molecule has 2 amide bonds. The van der Waals surface area contributed by atoms with Crippen LogP contribution in [-0.2, 0) is 16.1 Å². The van der Waals surface area contributed by atoms with Crippen molar-refractivity contribution < 1.29 is 19.1 Å². The van der Waals surface area contributed by atoms with Crippen LogP contribution in [0.1, 0.15) is 51.0 Å². The van der Waals surface area contributed by atoms with E-state index >= 15 is 0 Å². The van der Waals surface area contributed by atoms with Gasteiger partial charge in [0.25, 0.3) is 5.91 Å². The summed E-state index contributed by atoms with van der Waals surface area (Å²) in [5.41, 5.74) is 0.904. The molecule has 172 valence electrons. The van der Waals surface area contributed by atoms with Gasteiger partial charge in [0.2, 0.25) is 5.91 Å². The Bertz CT molecular complexity index is 865. The van der Waals surface area contributed by atoms with Crippen molar-refractivity contribution in [3.63, 3.8) is 0 Å². The Morgan fingerprint density at radius 2 is 1.75 bits per heavy atom. The fraction of sp³-hybridized carbons (Fsp3) is 0.462. The summed E-state index contributed by atoms with van der Waals surface area (Å²) >= 11 is 0. The average Bonchev–Trinajstić information content (AvgIpc) is 2.83. The zero-order valence-corrected chi connectivity index (χ0v) is 19.1. The number of carbonyl (C=O) groups excluding carboxylic acids is 2. The van der Waals surface area contributed by atoms with Gasteiger partial charge in [0.1, 0.15) is 17.5 Å². The lowest BCUT2D eigenvalue weighted by molar-refractivity contribution is -0.143. The Labute approximate surface area is 190 Å². The number of benzene rings is 2. The van der Waals surface area contributed by atoms with Crippen LogP contribution in [0.15, 0.2) is 54.6 Å². The third-order valence-corrected chi connectivity index (χ3v) is 5.93. The standard InChI is InChI=1S/C26H34N2O4/c1-3-24(26(30)27-21-12-6-4-7-13-21)28(18-20-11-10-16-23(17-20)31-2)25(29)19-32-22-14-8-5-9-15-22/h5,8-11,14-17,21,24H,3-4,6-7,12-13,18-19H2,1-2H3,(H,27,30)/t24-/m1/s1. The fourth-order valence-electron chi connectivity index (χ4n) is 4.18. The molecule has 3 rings (SSSR count). The van der Waals surface area contributed by atoms with Gasteiger partial charge in [0.05, 0.1) is 7.11 Å². The SMILES string of the molecule is CC[C@H](C(=O)NC1CCCCC1)N(Cc1cccc(OC)c1)C(=O)COc1ccccc1. The van der Waals surface area contributed by atoms with Crippen molar-refractivity contribution in [3.05, 3.63) is 60.2 Å². The summed E-state index contributed by atoms with van der Waals surface area (Å²) in [7, 11) is 1.61. The summed E-state index contributed by atoms with van der Waals surface area (Å²) in [6, 6.07) is 16.5. The van der Waals surface area contributed by atoms with Crippen molar-refractivity contribution in [2.24, 2.45) is 0 Å². The molecule has 0 aromatic heterocycles. The Morgan fingerprint density at radius 3 is 2.44 bits per heavy atom. The van der Waals surface area contributed by atoms with Crippen molar-refractivity contribution in [1.82, 2.24) is 10.2 Å². The number of para-hydroxylation sites is 1. The molecule has 6 nitrogen and oxygen atoms in total. The summed E-state index contributed by atoms with van der Waals surface area (Å²) in [4.78, 5) is 28.1. The smallest absolute Gasteiger partial charge is 0.261 e. The highest BCUT2D eigenvalue weighted by molar-refractivity contribution is 5.88. The maximum atomic E-state index is 13.3. The first-order chi connectivity index (χ1) is 15.6. The number of nitrogens with one attached hydrogen (secondary N) is 1. The summed E-state index contributed by atoms with van der Waals surface area (Å²) in [6.45, 7) is 2.13. The lowest BCUT2D eigenvalue weighted by Gasteiger charge is -2.32. The molecule has 1 aliphatic carbocycles. The van der Waals surface area contributed by atoms with Crippen molar-refractivity contribution >= 4 is 11.8 Å². The van der Waals surface area contributed by atoms with Crippen molar-refractivity contribution in [2.45, 2.75) is 64.1 Å². The topological polar surface area (TPSA) is 67.9 Å². The van der Waals surface area contributed by atoms with Gasteiger partial charge in [0, 0.05) is 12.6 Å². The normalized spacial score (nSPS) is 14.9. The minimum atomic E-state index is -0.560. The Balaban J connectivity index is 1.76. The second-order valence-corrected chi connectivity index (χ2v) is 8.24. The van der Waals surface area contributed by atoms with E-state index in [-0.39, 0.29) is 24.5 Å². The monoisotopic (exact) mass is 438 g/mol. The molecular weight excluding hydrogens is 404 g/mol. The molecule has 0 spiro atoms. The van der Waals surface area contributed by atoms with E-state index in [9.17, 15) is 9.59 Å². The quantitative estimate of drug-likeness (QED) is 0.600. The molecule has 6 heteroatoms. The summed E-state index contributed by atoms with van der Waals surface area (Å²) < 4.78 is 11.0. The van der Waals surface area contributed by atoms with Crippen LogP contribution in [0.3, 0.4) is 0 Å². The van der Waals surface area contributed by atoms with Crippen LogP contribution in [0.25, 0.3) is 0 Å². The zero-order chi connectivity index (χ0) is 22.8. The molecule has 1 fully saturated rings. The van der Waals surface area contributed by atoms with Crippen molar-refractivity contribution in [1.29, 1.82) is 0 Å². The maximum absolute atomic E-state index is 13.3. The third-order valence-electron chi connectivity index (χ3n) is 5.93. The van der Waals surface area contributed by atoms with Crippen LogP contribution >= 0.6 is 0 Å². The van der Waals surface area contributed by atoms with E-state index in [0.29, 0.717) is 18.7 Å². The van der Waals surface area contributed by atoms with Gasteiger partial charge >= 0.3 is 0 Å². The lowest BCUT2D eigenvalue weighted by Crippen LogP contribution is -2.52. The van der Waals surface area contributed by atoms with Gasteiger partial charge in [-0.25, -0.2) is 0 Å². The Morgan fingerprint density at radius 1 is 1.03 bits per heavy atom. The van der Waals surface area contributed by atoms with E-state index in [1.165, 1.54) is 6.42 Å². The molecule has 0 bridgehead atoms. The fourth-order valence-corrected chi connectivity index (χ4v) is 4.18. The number of nitrogens with zero attached hydrogens (tertiary/aromatic N) is 1. The number of carbonyl (C=O) groups is 2. The average molecular weight is 439 g/mol. The number of hydrogen-bond donors (Lipinski definition) is 1. The molecule has 0 aliphatic heterocycles. The number of methoxy groups -OCH3 is 1. The number of amides is 2. The molecule has 0 radical (unpaired) electrons. The number of ether oxygens (including phenoxy) is 2. The van der Waals surface area contributed by atoms with Crippen LogP contribution in [0.4, 0.5) is 0 Å². The molecule has 1 atom stereocenters. The molecule has 0 heterocycles. The summed E-state index contributed by atoms with van der Waals surface area (Å²) in [6.07, 6.45) is 6.03. The molecular formula is C26H34N2O4. The number of hydrogen-bond acceptors (Lipinski definition) is 4. The highest BCUT2D eigenvalue weighted by Crippen LogP contribution is 2.20. The maximum Gasteiger partial charge on any atom is 0.261 e. The summed E-state index contributed by atoms with van der Waals surface area (Å²) in [5.74, 6) is 1.04. The number of rotatable bonds is 10. The van der Waals surface area contributed by atoms with E-state index in [1.54, 1.807) is 12.0 Å². The summed E-state index contributed by atoms with van der Waals surface area (Å²) in [5, 5.41) is 3.19.